The van der Waals surface area contributed by atoms with Gasteiger partial charge >= 0.3 is 6.03 Å². The second kappa shape index (κ2) is 9.26. The van der Waals surface area contributed by atoms with Crippen LogP contribution in [0.5, 0.6) is 0 Å². The van der Waals surface area contributed by atoms with Crippen molar-refractivity contribution in [3.63, 3.8) is 0 Å². The van der Waals surface area contributed by atoms with E-state index >= 15 is 0 Å². The summed E-state index contributed by atoms with van der Waals surface area (Å²) in [5, 5.41) is 14.9. The number of furan rings is 1. The highest BCUT2D eigenvalue weighted by Gasteiger charge is 2.15. The van der Waals surface area contributed by atoms with E-state index in [9.17, 15) is 4.79 Å². The van der Waals surface area contributed by atoms with E-state index in [1.54, 1.807) is 30.5 Å². The van der Waals surface area contributed by atoms with E-state index < -0.39 is 12.1 Å². The highest BCUT2D eigenvalue weighted by Crippen LogP contribution is 2.25. The number of nitrogens with two attached hydrogens (primary N) is 1. The Morgan fingerprint density at radius 2 is 1.70 bits per heavy atom. The van der Waals surface area contributed by atoms with E-state index in [1.165, 1.54) is 0 Å². The van der Waals surface area contributed by atoms with Gasteiger partial charge < -0.3 is 26.2 Å². The number of hydrogen-bond donors (Lipinski definition) is 4. The number of rotatable bonds is 5. The Labute approximate surface area is 180 Å². The molecule has 0 fully saturated rings. The lowest BCUT2D eigenvalue weighted by Gasteiger charge is -2.15. The number of carbonyl (C=O) groups excluding carboxylic acids is 1. The van der Waals surface area contributed by atoms with Gasteiger partial charge in [0.25, 0.3) is 0 Å². The Bertz CT molecular complexity index is 1170. The van der Waals surface area contributed by atoms with Gasteiger partial charge in [0, 0.05) is 11.1 Å². The molecule has 0 radical (unpaired) electrons. The van der Waals surface area contributed by atoms with Gasteiger partial charge in [0.05, 0.1) is 23.7 Å². The van der Waals surface area contributed by atoms with Gasteiger partial charge in [-0.15, -0.1) is 12.4 Å². The summed E-state index contributed by atoms with van der Waals surface area (Å²) in [6.07, 6.45) is 1.58. The van der Waals surface area contributed by atoms with Gasteiger partial charge in [-0.25, -0.2) is 4.79 Å². The average molecular weight is 421 g/mol. The number of benzene rings is 3. The third-order valence-corrected chi connectivity index (χ3v) is 4.63. The van der Waals surface area contributed by atoms with E-state index in [4.69, 9.17) is 15.6 Å². The van der Waals surface area contributed by atoms with Gasteiger partial charge in [0.15, 0.2) is 5.58 Å². The van der Waals surface area contributed by atoms with Crippen molar-refractivity contribution >= 4 is 46.5 Å². The Kier molecular flexibility index (Phi) is 6.51. The molecule has 0 saturated carbocycles. The summed E-state index contributed by atoms with van der Waals surface area (Å²) in [7, 11) is 0. The van der Waals surface area contributed by atoms with Crippen LogP contribution in [-0.4, -0.2) is 11.7 Å². The number of anilines is 2. The molecular formula is C23H21ClN4O2. The lowest BCUT2D eigenvalue weighted by atomic mass is 9.97. The minimum atomic E-state index is -0.598. The van der Waals surface area contributed by atoms with Crippen LogP contribution in [0.15, 0.2) is 89.5 Å². The number of nitrogens with one attached hydrogen (secondary N) is 3. The van der Waals surface area contributed by atoms with Crippen molar-refractivity contribution in [1.29, 1.82) is 5.41 Å². The predicted octanol–water partition coefficient (Wildman–Crippen LogP) is 5.57. The van der Waals surface area contributed by atoms with Gasteiger partial charge in [-0.3, -0.25) is 0 Å². The number of hydrogen-bond acceptors (Lipinski definition) is 4. The SMILES string of the molecule is Cl.N=C(c1ccccc1)C(N)c1cccc(NC(=O)Nc2cccc3ccoc23)c1. The fourth-order valence-corrected chi connectivity index (χ4v) is 3.15. The lowest BCUT2D eigenvalue weighted by Crippen LogP contribution is -2.22. The molecule has 0 aliphatic rings. The average Bonchev–Trinajstić information content (AvgIpc) is 3.23. The fraction of sp³-hybridized carbons (Fsp3) is 0.0435. The molecule has 1 heterocycles. The molecule has 0 spiro atoms. The van der Waals surface area contributed by atoms with Gasteiger partial charge in [0.1, 0.15) is 0 Å². The zero-order valence-corrected chi connectivity index (χ0v) is 16.8. The third kappa shape index (κ3) is 4.51. The van der Waals surface area contributed by atoms with E-state index in [0.717, 1.165) is 16.5 Å². The quantitative estimate of drug-likeness (QED) is 0.317. The van der Waals surface area contributed by atoms with Crippen molar-refractivity contribution in [2.45, 2.75) is 6.04 Å². The number of urea groups is 1. The molecule has 1 atom stereocenters. The number of fused-ring (bicyclic) bond motifs is 1. The first kappa shape index (κ1) is 21.1. The van der Waals surface area contributed by atoms with Crippen molar-refractivity contribution in [1.82, 2.24) is 0 Å². The Morgan fingerprint density at radius 3 is 2.50 bits per heavy atom. The largest absolute Gasteiger partial charge is 0.462 e. The van der Waals surface area contributed by atoms with Crippen LogP contribution in [0.2, 0.25) is 0 Å². The highest BCUT2D eigenvalue weighted by atomic mass is 35.5. The molecule has 0 saturated heterocycles. The van der Waals surface area contributed by atoms with Crippen LogP contribution in [-0.2, 0) is 0 Å². The molecule has 6 nitrogen and oxygen atoms in total. The molecule has 4 rings (SSSR count). The molecule has 1 aromatic heterocycles. The number of para-hydroxylation sites is 1. The summed E-state index contributed by atoms with van der Waals surface area (Å²) in [5.41, 5.74) is 9.90. The number of amides is 2. The monoisotopic (exact) mass is 420 g/mol. The number of halogens is 1. The van der Waals surface area contributed by atoms with Gasteiger partial charge in [-0.1, -0.05) is 54.6 Å². The summed E-state index contributed by atoms with van der Waals surface area (Å²) in [6.45, 7) is 0. The topological polar surface area (TPSA) is 104 Å². The second-order valence-corrected chi connectivity index (χ2v) is 6.61. The maximum Gasteiger partial charge on any atom is 0.323 e. The van der Waals surface area contributed by atoms with Crippen molar-refractivity contribution in [3.8, 4) is 0 Å². The molecule has 3 aromatic carbocycles. The molecule has 2 amide bonds. The predicted molar refractivity (Wildman–Crippen MR) is 123 cm³/mol. The van der Waals surface area contributed by atoms with Crippen molar-refractivity contribution in [3.05, 3.63) is 96.3 Å². The first-order chi connectivity index (χ1) is 14.1. The normalized spacial score (nSPS) is 11.4. The first-order valence-electron chi connectivity index (χ1n) is 9.15. The summed E-state index contributed by atoms with van der Waals surface area (Å²) in [5.74, 6) is 0. The van der Waals surface area contributed by atoms with Crippen LogP contribution in [0.25, 0.3) is 11.0 Å². The minimum Gasteiger partial charge on any atom is -0.462 e. The summed E-state index contributed by atoms with van der Waals surface area (Å²) >= 11 is 0. The van der Waals surface area contributed by atoms with Crippen LogP contribution in [0.4, 0.5) is 16.2 Å². The highest BCUT2D eigenvalue weighted by molar-refractivity contribution is 6.05. The molecule has 1 unspecified atom stereocenters. The third-order valence-electron chi connectivity index (χ3n) is 4.63. The van der Waals surface area contributed by atoms with E-state index in [2.05, 4.69) is 10.6 Å². The first-order valence-corrected chi connectivity index (χ1v) is 9.15. The second-order valence-electron chi connectivity index (χ2n) is 6.61. The summed E-state index contributed by atoms with van der Waals surface area (Å²) in [6, 6.07) is 22.9. The van der Waals surface area contributed by atoms with Crippen molar-refractivity contribution < 1.29 is 9.21 Å². The van der Waals surface area contributed by atoms with Gasteiger partial charge in [-0.2, -0.15) is 0 Å². The van der Waals surface area contributed by atoms with Crippen LogP contribution < -0.4 is 16.4 Å². The van der Waals surface area contributed by atoms with E-state index in [-0.39, 0.29) is 12.4 Å². The number of carbonyl (C=O) groups is 1. The molecule has 0 aliphatic carbocycles. The molecule has 4 aromatic rings. The summed E-state index contributed by atoms with van der Waals surface area (Å²) < 4.78 is 5.44. The van der Waals surface area contributed by atoms with Crippen molar-refractivity contribution in [2.24, 2.45) is 5.73 Å². The lowest BCUT2D eigenvalue weighted by molar-refractivity contribution is 0.262. The summed E-state index contributed by atoms with van der Waals surface area (Å²) in [4.78, 5) is 12.4. The van der Waals surface area contributed by atoms with E-state index in [1.807, 2.05) is 54.6 Å². The Balaban J connectivity index is 0.00000256. The maximum absolute atomic E-state index is 12.4. The zero-order valence-electron chi connectivity index (χ0n) is 16.0. The fourth-order valence-electron chi connectivity index (χ4n) is 3.15. The molecule has 30 heavy (non-hydrogen) atoms. The maximum atomic E-state index is 12.4. The van der Waals surface area contributed by atoms with Gasteiger partial charge in [0.2, 0.25) is 0 Å². The van der Waals surface area contributed by atoms with Crippen LogP contribution in [0, 0.1) is 5.41 Å². The zero-order chi connectivity index (χ0) is 20.2. The molecular weight excluding hydrogens is 400 g/mol. The molecule has 7 heteroatoms. The van der Waals surface area contributed by atoms with Crippen LogP contribution >= 0.6 is 12.4 Å². The van der Waals surface area contributed by atoms with Crippen molar-refractivity contribution in [2.75, 3.05) is 10.6 Å². The molecule has 0 aliphatic heterocycles. The molecule has 0 bridgehead atoms. The standard InChI is InChI=1S/C23H20N4O2.ClH/c24-20(15-6-2-1-3-7-15)21(25)17-9-4-10-18(14-17)26-23(28)27-19-11-5-8-16-12-13-29-22(16)19;/h1-14,21,24H,25H2,(H2,26,27,28);1H. The van der Waals surface area contributed by atoms with Gasteiger partial charge in [-0.05, 0) is 35.4 Å². The van der Waals surface area contributed by atoms with Crippen LogP contribution in [0.3, 0.4) is 0 Å². The van der Waals surface area contributed by atoms with Crippen LogP contribution in [0.1, 0.15) is 17.2 Å². The van der Waals surface area contributed by atoms with E-state index in [0.29, 0.717) is 22.7 Å². The molecule has 152 valence electrons. The minimum absolute atomic E-state index is 0. The Morgan fingerprint density at radius 1 is 0.933 bits per heavy atom. The molecule has 5 N–H and O–H groups in total. The Hall–Kier alpha value is -3.61. The smallest absolute Gasteiger partial charge is 0.323 e.